The van der Waals surface area contributed by atoms with Crippen LogP contribution in [-0.4, -0.2) is 36.8 Å². The molecule has 1 rings (SSSR count). The minimum absolute atomic E-state index is 0.322. The minimum Gasteiger partial charge on any atom is -0.458 e. The first-order valence-corrected chi connectivity index (χ1v) is 11.3. The maximum absolute atomic E-state index is 10.2. The van der Waals surface area contributed by atoms with Gasteiger partial charge in [-0.2, -0.15) is 0 Å². The summed E-state index contributed by atoms with van der Waals surface area (Å²) in [4.78, 5) is 4.67. The molecule has 138 valence electrons. The molecule has 0 fully saturated rings. The summed E-state index contributed by atoms with van der Waals surface area (Å²) in [7, 11) is -1.55. The van der Waals surface area contributed by atoms with Gasteiger partial charge in [0.2, 0.25) is 0 Å². The molecule has 0 aliphatic heterocycles. The number of aromatic nitrogens is 1. The highest BCUT2D eigenvalue weighted by Crippen LogP contribution is 2.40. The van der Waals surface area contributed by atoms with E-state index in [0.29, 0.717) is 24.1 Å². The molecule has 1 heterocycles. The monoisotopic (exact) mass is 353 g/mol. The molecule has 0 saturated heterocycles. The van der Waals surface area contributed by atoms with Crippen molar-refractivity contribution in [2.75, 3.05) is 0 Å². The van der Waals surface area contributed by atoms with E-state index >= 15 is 0 Å². The first-order valence-electron chi connectivity index (χ1n) is 9.08. The van der Waals surface area contributed by atoms with Crippen LogP contribution in [0.15, 0.2) is 10.6 Å². The molecule has 0 aromatic carbocycles. The van der Waals surface area contributed by atoms with E-state index in [1.807, 2.05) is 13.8 Å². The maximum atomic E-state index is 10.2. The SMILES string of the molecule is CC(C)[Si](c1ncc(BOC(C)(C)C(C)(C)O)o1)(C(C)C)C(C)C. The average Bonchev–Trinajstić information content (AvgIpc) is 2.83. The van der Waals surface area contributed by atoms with Gasteiger partial charge in [-0.25, -0.2) is 4.98 Å². The van der Waals surface area contributed by atoms with Crippen molar-refractivity contribution in [3.63, 3.8) is 0 Å². The molecule has 0 atom stereocenters. The lowest BCUT2D eigenvalue weighted by molar-refractivity contribution is -0.0895. The standard InChI is InChI=1S/C18H36BNO3Si/c1-12(2)24(13(3)4,14(5)6)16-20-11-15(22-16)19-23-18(9,10)17(7,8)21/h11-14,19,21H,1-10H3. The third-order valence-electron chi connectivity index (χ3n) is 5.84. The van der Waals surface area contributed by atoms with Crippen LogP contribution in [0.25, 0.3) is 0 Å². The third kappa shape index (κ3) is 3.97. The average molecular weight is 353 g/mol. The fraction of sp³-hybridized carbons (Fsp3) is 0.833. The summed E-state index contributed by atoms with van der Waals surface area (Å²) in [5, 5.41) is 10.2. The Balaban J connectivity index is 3.07. The van der Waals surface area contributed by atoms with E-state index in [0.717, 1.165) is 11.2 Å². The van der Waals surface area contributed by atoms with Crippen molar-refractivity contribution < 1.29 is 14.2 Å². The summed E-state index contributed by atoms with van der Waals surface area (Å²) in [5.74, 6) is 0. The van der Waals surface area contributed by atoms with Gasteiger partial charge in [-0.3, -0.25) is 0 Å². The predicted octanol–water partition coefficient (Wildman–Crippen LogP) is 3.10. The Hall–Kier alpha value is -0.588. The quantitative estimate of drug-likeness (QED) is 0.730. The number of oxazole rings is 1. The van der Waals surface area contributed by atoms with Gasteiger partial charge in [-0.15, -0.1) is 0 Å². The summed E-state index contributed by atoms with van der Waals surface area (Å²) in [5.41, 5.74) is 1.74. The molecule has 4 nitrogen and oxygen atoms in total. The molecule has 0 saturated carbocycles. The number of aliphatic hydroxyl groups is 1. The second-order valence-corrected chi connectivity index (χ2v) is 14.6. The second kappa shape index (κ2) is 7.34. The van der Waals surface area contributed by atoms with Crippen LogP contribution >= 0.6 is 0 Å². The molecule has 0 spiro atoms. The van der Waals surface area contributed by atoms with Gasteiger partial charge in [-0.1, -0.05) is 41.5 Å². The van der Waals surface area contributed by atoms with Crippen molar-refractivity contribution in [2.24, 2.45) is 0 Å². The molecule has 0 aliphatic carbocycles. The topological polar surface area (TPSA) is 55.5 Å². The molecule has 6 heteroatoms. The van der Waals surface area contributed by atoms with Gasteiger partial charge < -0.3 is 14.2 Å². The van der Waals surface area contributed by atoms with Crippen molar-refractivity contribution in [1.29, 1.82) is 0 Å². The van der Waals surface area contributed by atoms with Gasteiger partial charge in [0.15, 0.2) is 13.6 Å². The van der Waals surface area contributed by atoms with Crippen LogP contribution in [0.3, 0.4) is 0 Å². The highest BCUT2D eigenvalue weighted by atomic mass is 28.3. The van der Waals surface area contributed by atoms with Gasteiger partial charge in [0.05, 0.1) is 17.4 Å². The molecule has 1 N–H and O–H groups in total. The molecule has 0 amide bonds. The lowest BCUT2D eigenvalue weighted by atomic mass is 9.86. The zero-order valence-corrected chi connectivity index (χ0v) is 18.2. The maximum Gasteiger partial charge on any atom is 0.353 e. The zero-order valence-electron chi connectivity index (χ0n) is 17.2. The first-order chi connectivity index (χ1) is 10.8. The van der Waals surface area contributed by atoms with Crippen LogP contribution < -0.4 is 11.2 Å². The number of hydrogen-bond donors (Lipinski definition) is 1. The van der Waals surface area contributed by atoms with Gasteiger partial charge in [0.25, 0.3) is 0 Å². The van der Waals surface area contributed by atoms with Crippen LogP contribution in [0.4, 0.5) is 0 Å². The molecule has 0 unspecified atom stereocenters. The summed E-state index contributed by atoms with van der Waals surface area (Å²) >= 11 is 0. The number of rotatable bonds is 8. The smallest absolute Gasteiger partial charge is 0.353 e. The number of nitrogens with zero attached hydrogens (tertiary/aromatic N) is 1. The highest BCUT2D eigenvalue weighted by Gasteiger charge is 2.49. The third-order valence-corrected chi connectivity index (χ3v) is 12.5. The number of hydrogen-bond acceptors (Lipinski definition) is 4. The van der Waals surface area contributed by atoms with Crippen LogP contribution in [0, 0.1) is 0 Å². The first kappa shape index (κ1) is 21.5. The van der Waals surface area contributed by atoms with Crippen LogP contribution in [0.5, 0.6) is 0 Å². The highest BCUT2D eigenvalue weighted by molar-refractivity contribution is 6.93. The van der Waals surface area contributed by atoms with Crippen LogP contribution in [-0.2, 0) is 4.65 Å². The predicted molar refractivity (Wildman–Crippen MR) is 105 cm³/mol. The fourth-order valence-corrected chi connectivity index (χ4v) is 9.82. The van der Waals surface area contributed by atoms with E-state index in [-0.39, 0.29) is 0 Å². The molecule has 24 heavy (non-hydrogen) atoms. The fourth-order valence-electron chi connectivity index (χ4n) is 3.74. The van der Waals surface area contributed by atoms with Gasteiger partial charge in [-0.05, 0) is 44.3 Å². The molecular formula is C18H36BNO3Si. The largest absolute Gasteiger partial charge is 0.458 e. The van der Waals surface area contributed by atoms with Gasteiger partial charge in [0, 0.05) is 0 Å². The molecule has 0 radical (unpaired) electrons. The van der Waals surface area contributed by atoms with E-state index < -0.39 is 19.3 Å². The lowest BCUT2D eigenvalue weighted by Crippen LogP contribution is -2.56. The molecular weight excluding hydrogens is 317 g/mol. The summed E-state index contributed by atoms with van der Waals surface area (Å²) in [6.07, 6.45) is 1.80. The van der Waals surface area contributed by atoms with Crippen molar-refractivity contribution in [3.05, 3.63) is 6.20 Å². The van der Waals surface area contributed by atoms with Crippen molar-refractivity contribution in [1.82, 2.24) is 4.98 Å². The van der Waals surface area contributed by atoms with E-state index in [1.165, 1.54) is 0 Å². The van der Waals surface area contributed by atoms with E-state index in [9.17, 15) is 5.11 Å². The molecule has 0 bridgehead atoms. The van der Waals surface area contributed by atoms with Gasteiger partial charge >= 0.3 is 7.48 Å². The van der Waals surface area contributed by atoms with Gasteiger partial charge in [0.1, 0.15) is 5.66 Å². The summed E-state index contributed by atoms with van der Waals surface area (Å²) in [6, 6.07) is 0. The Morgan fingerprint density at radius 2 is 1.50 bits per heavy atom. The summed E-state index contributed by atoms with van der Waals surface area (Å²) < 4.78 is 12.1. The van der Waals surface area contributed by atoms with E-state index in [1.54, 1.807) is 20.0 Å². The molecule has 1 aromatic rings. The minimum atomic E-state index is -1.88. The molecule has 0 aliphatic rings. The Morgan fingerprint density at radius 3 is 1.88 bits per heavy atom. The van der Waals surface area contributed by atoms with Crippen molar-refractivity contribution in [2.45, 2.75) is 97.1 Å². The Labute approximate surface area is 149 Å². The normalized spacial score (nSPS) is 14.1. The van der Waals surface area contributed by atoms with Crippen molar-refractivity contribution >= 4 is 26.7 Å². The van der Waals surface area contributed by atoms with Crippen molar-refractivity contribution in [3.8, 4) is 0 Å². The van der Waals surface area contributed by atoms with E-state index in [4.69, 9.17) is 9.07 Å². The van der Waals surface area contributed by atoms with E-state index in [2.05, 4.69) is 46.5 Å². The molecule has 1 aromatic heterocycles. The second-order valence-electron chi connectivity index (χ2n) is 8.89. The summed E-state index contributed by atoms with van der Waals surface area (Å²) in [6.45, 7) is 21.1. The Bertz CT molecular complexity index is 511. The van der Waals surface area contributed by atoms with Crippen LogP contribution in [0.2, 0.25) is 16.6 Å². The Kier molecular flexibility index (Phi) is 6.56. The Morgan fingerprint density at radius 1 is 1.04 bits per heavy atom. The lowest BCUT2D eigenvalue weighted by Gasteiger charge is -2.39. The zero-order chi connectivity index (χ0) is 18.9. The van der Waals surface area contributed by atoms with Crippen LogP contribution in [0.1, 0.15) is 69.2 Å².